The van der Waals surface area contributed by atoms with Gasteiger partial charge in [0.15, 0.2) is 4.80 Å². The number of rotatable bonds is 5. The van der Waals surface area contributed by atoms with E-state index in [1.54, 1.807) is 41.0 Å². The number of carbonyl (C=O) groups is 1. The number of carbonyl (C=O) groups excluding carboxylic acids is 1. The molecule has 3 aromatic carbocycles. The summed E-state index contributed by atoms with van der Waals surface area (Å²) in [5, 5.41) is 0.576. The van der Waals surface area contributed by atoms with Crippen molar-refractivity contribution in [3.05, 3.63) is 88.2 Å². The lowest BCUT2D eigenvalue weighted by atomic mass is 10.2. The van der Waals surface area contributed by atoms with Gasteiger partial charge in [0.25, 0.3) is 15.9 Å². The van der Waals surface area contributed by atoms with Crippen LogP contribution in [0.25, 0.3) is 10.2 Å². The second-order valence-corrected chi connectivity index (χ2v) is 10.5. The summed E-state index contributed by atoms with van der Waals surface area (Å²) in [5.74, 6) is 2.07. The SMILES string of the molecule is C#CCn1c(=NC(=O)c2ccc(S(=O)(=O)N(C)c3ccccc3)cc2)sc2cc(Cl)ccc21. The molecule has 0 spiro atoms. The van der Waals surface area contributed by atoms with Crippen LogP contribution in [0.2, 0.25) is 5.02 Å². The van der Waals surface area contributed by atoms with Gasteiger partial charge in [-0.2, -0.15) is 4.99 Å². The number of halogens is 1. The van der Waals surface area contributed by atoms with Crippen LogP contribution < -0.4 is 9.11 Å². The first-order valence-corrected chi connectivity index (χ1v) is 12.4. The Hall–Kier alpha value is -3.38. The van der Waals surface area contributed by atoms with Crippen LogP contribution in [0.1, 0.15) is 10.4 Å². The Morgan fingerprint density at radius 2 is 1.82 bits per heavy atom. The maximum atomic E-state index is 12.9. The summed E-state index contributed by atoms with van der Waals surface area (Å²) in [6, 6.07) is 19.8. The van der Waals surface area contributed by atoms with Crippen LogP contribution in [0, 0.1) is 12.3 Å². The molecule has 6 nitrogen and oxygen atoms in total. The molecule has 0 aliphatic rings. The van der Waals surface area contributed by atoms with E-state index in [0.29, 0.717) is 15.5 Å². The van der Waals surface area contributed by atoms with Crippen molar-refractivity contribution in [1.82, 2.24) is 4.57 Å². The van der Waals surface area contributed by atoms with E-state index in [9.17, 15) is 13.2 Å². The highest BCUT2D eigenvalue weighted by atomic mass is 35.5. The lowest BCUT2D eigenvalue weighted by Crippen LogP contribution is -2.26. The highest BCUT2D eigenvalue weighted by Crippen LogP contribution is 2.23. The van der Waals surface area contributed by atoms with Gasteiger partial charge in [-0.3, -0.25) is 9.10 Å². The standard InChI is InChI=1S/C24H18ClN3O3S2/c1-3-15-28-21-14-11-18(25)16-22(21)32-24(28)26-23(29)17-9-12-20(13-10-17)33(30,31)27(2)19-7-5-4-6-8-19/h1,4-14,16H,15H2,2H3. The molecule has 1 amide bonds. The van der Waals surface area contributed by atoms with Gasteiger partial charge in [-0.25, -0.2) is 8.42 Å². The van der Waals surface area contributed by atoms with E-state index in [4.69, 9.17) is 18.0 Å². The number of nitrogens with zero attached hydrogens (tertiary/aromatic N) is 3. The van der Waals surface area contributed by atoms with Gasteiger partial charge < -0.3 is 4.57 Å². The van der Waals surface area contributed by atoms with Crippen molar-refractivity contribution in [3.8, 4) is 12.3 Å². The predicted octanol–water partition coefficient (Wildman–Crippen LogP) is 4.56. The Morgan fingerprint density at radius 1 is 1.12 bits per heavy atom. The number of fused-ring (bicyclic) bond motifs is 1. The molecule has 0 N–H and O–H groups in total. The number of para-hydroxylation sites is 1. The van der Waals surface area contributed by atoms with Crippen molar-refractivity contribution in [2.45, 2.75) is 11.4 Å². The third kappa shape index (κ3) is 4.57. The minimum absolute atomic E-state index is 0.0734. The minimum Gasteiger partial charge on any atom is -0.305 e. The summed E-state index contributed by atoms with van der Waals surface area (Å²) in [6.45, 7) is 0.247. The summed E-state index contributed by atoms with van der Waals surface area (Å²) in [7, 11) is -2.29. The van der Waals surface area contributed by atoms with Gasteiger partial charge in [0.05, 0.1) is 27.3 Å². The van der Waals surface area contributed by atoms with Gasteiger partial charge >= 0.3 is 0 Å². The van der Waals surface area contributed by atoms with E-state index in [1.165, 1.54) is 47.0 Å². The number of terminal acetylenes is 1. The summed E-state index contributed by atoms with van der Waals surface area (Å²) < 4.78 is 29.7. The van der Waals surface area contributed by atoms with Crippen LogP contribution in [0.4, 0.5) is 5.69 Å². The number of anilines is 1. The third-order valence-electron chi connectivity index (χ3n) is 4.97. The van der Waals surface area contributed by atoms with E-state index < -0.39 is 15.9 Å². The van der Waals surface area contributed by atoms with Crippen LogP contribution in [-0.2, 0) is 16.6 Å². The van der Waals surface area contributed by atoms with Crippen molar-refractivity contribution in [1.29, 1.82) is 0 Å². The van der Waals surface area contributed by atoms with Crippen molar-refractivity contribution in [2.24, 2.45) is 4.99 Å². The number of sulfonamides is 1. The number of aromatic nitrogens is 1. The van der Waals surface area contributed by atoms with Crippen LogP contribution in [0.3, 0.4) is 0 Å². The quantitative estimate of drug-likeness (QED) is 0.381. The molecule has 9 heteroatoms. The second-order valence-electron chi connectivity index (χ2n) is 7.04. The lowest BCUT2D eigenvalue weighted by Gasteiger charge is -2.19. The molecule has 0 unspecified atom stereocenters. The van der Waals surface area contributed by atoms with E-state index in [1.807, 2.05) is 12.1 Å². The van der Waals surface area contributed by atoms with Gasteiger partial charge in [-0.15, -0.1) is 6.42 Å². The van der Waals surface area contributed by atoms with Gasteiger partial charge in [-0.05, 0) is 54.6 Å². The van der Waals surface area contributed by atoms with E-state index >= 15 is 0 Å². The highest BCUT2D eigenvalue weighted by Gasteiger charge is 2.21. The molecule has 0 saturated heterocycles. The fourth-order valence-corrected chi connectivity index (χ4v) is 5.73. The maximum Gasteiger partial charge on any atom is 0.279 e. The second kappa shape index (κ2) is 9.24. The maximum absolute atomic E-state index is 12.9. The van der Waals surface area contributed by atoms with Gasteiger partial charge in [0, 0.05) is 17.6 Å². The number of hydrogen-bond donors (Lipinski definition) is 0. The molecule has 1 heterocycles. The first-order chi connectivity index (χ1) is 15.8. The van der Waals surface area contributed by atoms with Gasteiger partial charge in [0.2, 0.25) is 0 Å². The molecule has 0 aliphatic carbocycles. The number of amides is 1. The van der Waals surface area contributed by atoms with Crippen LogP contribution in [-0.4, -0.2) is 25.9 Å². The zero-order valence-electron chi connectivity index (χ0n) is 17.5. The van der Waals surface area contributed by atoms with Crippen molar-refractivity contribution >= 4 is 54.8 Å². The fourth-order valence-electron chi connectivity index (χ4n) is 3.23. The normalized spacial score (nSPS) is 12.0. The zero-order chi connectivity index (χ0) is 23.6. The molecule has 0 fully saturated rings. The summed E-state index contributed by atoms with van der Waals surface area (Å²) in [6.07, 6.45) is 5.50. The van der Waals surface area contributed by atoms with Crippen molar-refractivity contribution < 1.29 is 13.2 Å². The average molecular weight is 496 g/mol. The van der Waals surface area contributed by atoms with Gasteiger partial charge in [0.1, 0.15) is 0 Å². The summed E-state index contributed by atoms with van der Waals surface area (Å²) in [5.41, 5.74) is 1.63. The first kappa shape index (κ1) is 22.8. The largest absolute Gasteiger partial charge is 0.305 e. The predicted molar refractivity (Wildman–Crippen MR) is 132 cm³/mol. The van der Waals surface area contributed by atoms with Crippen LogP contribution in [0.5, 0.6) is 0 Å². The number of benzene rings is 3. The molecular weight excluding hydrogens is 478 g/mol. The third-order valence-corrected chi connectivity index (χ3v) is 8.05. The monoisotopic (exact) mass is 495 g/mol. The Balaban J connectivity index is 1.66. The molecule has 0 radical (unpaired) electrons. The number of thiazole rings is 1. The fraction of sp³-hybridized carbons (Fsp3) is 0.0833. The van der Waals surface area contributed by atoms with Gasteiger partial charge in [-0.1, -0.05) is 47.1 Å². The Bertz CT molecular complexity index is 1550. The van der Waals surface area contributed by atoms with Crippen molar-refractivity contribution in [2.75, 3.05) is 11.4 Å². The molecule has 0 bridgehead atoms. The smallest absolute Gasteiger partial charge is 0.279 e. The van der Waals surface area contributed by atoms with Crippen molar-refractivity contribution in [3.63, 3.8) is 0 Å². The molecule has 1 aromatic heterocycles. The summed E-state index contributed by atoms with van der Waals surface area (Å²) in [4.78, 5) is 17.6. The topological polar surface area (TPSA) is 71.7 Å². The molecule has 4 rings (SSSR count). The Labute approximate surface area is 200 Å². The Morgan fingerprint density at radius 3 is 2.48 bits per heavy atom. The highest BCUT2D eigenvalue weighted by molar-refractivity contribution is 7.92. The lowest BCUT2D eigenvalue weighted by molar-refractivity contribution is 0.0998. The van der Waals surface area contributed by atoms with E-state index in [-0.39, 0.29) is 17.0 Å². The molecule has 0 saturated carbocycles. The average Bonchev–Trinajstić information content (AvgIpc) is 3.15. The molecule has 4 aromatic rings. The molecular formula is C24H18ClN3O3S2. The zero-order valence-corrected chi connectivity index (χ0v) is 19.9. The minimum atomic E-state index is -3.77. The Kier molecular flexibility index (Phi) is 6.38. The van der Waals surface area contributed by atoms with E-state index in [0.717, 1.165) is 10.2 Å². The van der Waals surface area contributed by atoms with Crippen LogP contribution >= 0.6 is 22.9 Å². The molecule has 33 heavy (non-hydrogen) atoms. The van der Waals surface area contributed by atoms with Crippen LogP contribution in [0.15, 0.2) is 82.7 Å². The molecule has 0 aliphatic heterocycles. The summed E-state index contributed by atoms with van der Waals surface area (Å²) >= 11 is 7.38. The molecule has 0 atom stereocenters. The molecule has 166 valence electrons. The number of hydrogen-bond acceptors (Lipinski definition) is 4. The van der Waals surface area contributed by atoms with E-state index in [2.05, 4.69) is 10.9 Å². The first-order valence-electron chi connectivity index (χ1n) is 9.77.